The predicted molar refractivity (Wildman–Crippen MR) is 156 cm³/mol. The zero-order valence-corrected chi connectivity index (χ0v) is 24.2. The molecular formula is C22H33B4N7O4S. The first kappa shape index (κ1) is 28.2. The van der Waals surface area contributed by atoms with Crippen LogP contribution in [0.3, 0.4) is 0 Å². The minimum Gasteiger partial charge on any atom is -0.481 e. The Bertz CT molecular complexity index is 1400. The number of pyridine rings is 1. The van der Waals surface area contributed by atoms with Crippen LogP contribution in [-0.4, -0.2) is 88.0 Å². The molecule has 3 heterocycles. The monoisotopic (exact) mass is 535 g/mol. The molecule has 1 fully saturated rings. The van der Waals surface area contributed by atoms with E-state index in [1.54, 1.807) is 31.5 Å². The molecule has 1 aliphatic rings. The molecule has 1 aliphatic carbocycles. The SMILES string of the molecule is BC1(B)C(n2c(NS(=O)(=O)[C@@H](C)[C@@H](OC(C)C)c3ncc(C)cn3)nnc2-c2cccc(OC)n2)C1(B)B. The highest BCUT2D eigenvalue weighted by Gasteiger charge is 2.65. The number of rotatable bonds is 10. The Balaban J connectivity index is 1.75. The number of nitrogens with one attached hydrogen (secondary N) is 1. The number of methoxy groups -OCH3 is 1. The lowest BCUT2D eigenvalue weighted by molar-refractivity contribution is 0.00152. The van der Waals surface area contributed by atoms with E-state index in [2.05, 4.69) is 61.3 Å². The molecule has 3 aromatic rings. The summed E-state index contributed by atoms with van der Waals surface area (Å²) in [4.78, 5) is 13.2. The van der Waals surface area contributed by atoms with Gasteiger partial charge in [0.15, 0.2) is 11.6 Å². The minimum atomic E-state index is -4.02. The average Bonchev–Trinajstić information content (AvgIpc) is 3.08. The Hall–Kier alpha value is -2.86. The third kappa shape index (κ3) is 5.07. The van der Waals surface area contributed by atoms with Crippen molar-refractivity contribution in [3.8, 4) is 17.4 Å². The Morgan fingerprint density at radius 1 is 1.05 bits per heavy atom. The summed E-state index contributed by atoms with van der Waals surface area (Å²) in [6.07, 6.45) is 2.16. The molecule has 2 atom stereocenters. The first-order valence-corrected chi connectivity index (χ1v) is 14.2. The molecule has 1 N–H and O–H groups in total. The van der Waals surface area contributed by atoms with Gasteiger partial charge in [-0.15, -0.1) is 10.2 Å². The summed E-state index contributed by atoms with van der Waals surface area (Å²) >= 11 is 0. The maximum absolute atomic E-state index is 13.8. The van der Waals surface area contributed by atoms with Gasteiger partial charge in [-0.1, -0.05) is 16.5 Å². The lowest BCUT2D eigenvalue weighted by Gasteiger charge is -2.25. The van der Waals surface area contributed by atoms with Crippen LogP contribution in [0.4, 0.5) is 5.95 Å². The van der Waals surface area contributed by atoms with E-state index >= 15 is 0 Å². The normalized spacial score (nSPS) is 18.2. The molecule has 4 rings (SSSR count). The van der Waals surface area contributed by atoms with Gasteiger partial charge in [-0.25, -0.2) is 23.4 Å². The molecule has 0 saturated heterocycles. The second-order valence-corrected chi connectivity index (χ2v) is 13.2. The van der Waals surface area contributed by atoms with Crippen LogP contribution in [0, 0.1) is 6.92 Å². The van der Waals surface area contributed by atoms with Gasteiger partial charge in [0, 0.05) is 24.5 Å². The van der Waals surface area contributed by atoms with Gasteiger partial charge in [-0.3, -0.25) is 9.29 Å². The summed E-state index contributed by atoms with van der Waals surface area (Å²) in [6, 6.07) is 5.27. The molecule has 38 heavy (non-hydrogen) atoms. The average molecular weight is 535 g/mol. The molecule has 16 heteroatoms. The molecule has 0 aliphatic heterocycles. The maximum atomic E-state index is 13.8. The van der Waals surface area contributed by atoms with E-state index in [0.717, 1.165) is 5.56 Å². The molecule has 0 radical (unpaired) electrons. The topological polar surface area (TPSA) is 134 Å². The third-order valence-corrected chi connectivity index (χ3v) is 9.38. The van der Waals surface area contributed by atoms with E-state index < -0.39 is 21.4 Å². The number of nitrogens with zero attached hydrogens (tertiary/aromatic N) is 6. The first-order valence-electron chi connectivity index (χ1n) is 12.6. The summed E-state index contributed by atoms with van der Waals surface area (Å²) in [5.74, 6) is 1.30. The lowest BCUT2D eigenvalue weighted by Crippen LogP contribution is -2.35. The highest BCUT2D eigenvalue weighted by atomic mass is 32.2. The van der Waals surface area contributed by atoms with Crippen molar-refractivity contribution in [2.75, 3.05) is 11.8 Å². The van der Waals surface area contributed by atoms with E-state index in [1.807, 2.05) is 31.4 Å². The number of hydrogen-bond acceptors (Lipinski definition) is 9. The van der Waals surface area contributed by atoms with Gasteiger partial charge in [-0.05, 0) is 39.3 Å². The second kappa shape index (κ2) is 10.0. The van der Waals surface area contributed by atoms with Gasteiger partial charge in [0.2, 0.25) is 21.9 Å². The van der Waals surface area contributed by atoms with Crippen LogP contribution in [-0.2, 0) is 14.8 Å². The van der Waals surface area contributed by atoms with Gasteiger partial charge in [-0.2, -0.15) is 0 Å². The van der Waals surface area contributed by atoms with Crippen LogP contribution in [0.1, 0.15) is 44.3 Å². The number of ether oxygens (including phenoxy) is 2. The van der Waals surface area contributed by atoms with Gasteiger partial charge < -0.3 is 9.47 Å². The molecule has 0 unspecified atom stereocenters. The Labute approximate surface area is 227 Å². The van der Waals surface area contributed by atoms with Crippen LogP contribution in [0.25, 0.3) is 11.5 Å². The largest absolute Gasteiger partial charge is 0.481 e. The van der Waals surface area contributed by atoms with Crippen molar-refractivity contribution in [2.24, 2.45) is 0 Å². The molecule has 1 saturated carbocycles. The second-order valence-electron chi connectivity index (χ2n) is 11.2. The quantitative estimate of drug-likeness (QED) is 0.327. The molecule has 0 bridgehead atoms. The Kier molecular flexibility index (Phi) is 7.43. The van der Waals surface area contributed by atoms with Gasteiger partial charge in [0.25, 0.3) is 0 Å². The van der Waals surface area contributed by atoms with Crippen LogP contribution < -0.4 is 9.46 Å². The fourth-order valence-electron chi connectivity index (χ4n) is 4.85. The maximum Gasteiger partial charge on any atom is 0.240 e. The smallest absolute Gasteiger partial charge is 0.240 e. The molecule has 0 aromatic carbocycles. The Morgan fingerprint density at radius 2 is 1.68 bits per heavy atom. The fraction of sp³-hybridized carbons (Fsp3) is 0.500. The van der Waals surface area contributed by atoms with Crippen LogP contribution in [0.2, 0.25) is 10.4 Å². The van der Waals surface area contributed by atoms with Crippen molar-refractivity contribution in [3.63, 3.8) is 0 Å². The molecular weight excluding hydrogens is 502 g/mol. The van der Waals surface area contributed by atoms with Gasteiger partial charge in [0.1, 0.15) is 48.4 Å². The van der Waals surface area contributed by atoms with E-state index in [1.165, 1.54) is 7.11 Å². The highest BCUT2D eigenvalue weighted by molar-refractivity contribution is 7.93. The Morgan fingerprint density at radius 3 is 2.24 bits per heavy atom. The van der Waals surface area contributed by atoms with Crippen LogP contribution in [0.5, 0.6) is 5.88 Å². The van der Waals surface area contributed by atoms with E-state index in [-0.39, 0.29) is 28.5 Å². The molecule has 0 amide bonds. The lowest BCUT2D eigenvalue weighted by atomic mass is 9.49. The predicted octanol–water partition coefficient (Wildman–Crippen LogP) is -0.937. The molecule has 0 spiro atoms. The summed E-state index contributed by atoms with van der Waals surface area (Å²) < 4.78 is 43.4. The van der Waals surface area contributed by atoms with Crippen molar-refractivity contribution in [1.29, 1.82) is 0 Å². The standard InChI is InChI=1S/C22H33B4N7O4S/c1-11(2)37-16(17-27-9-12(3)10-28-17)13(4)38(34,35)32-20-31-30-18(14-7-6-8-15(29-14)36-5)33(20)19-21(23,24)22(19,25)26/h6-11,13,16,19H,23-26H2,1-5H3,(H,31,32)/t13-,16+/m0/s1. The summed E-state index contributed by atoms with van der Waals surface area (Å²) in [6.45, 7) is 7.13. The summed E-state index contributed by atoms with van der Waals surface area (Å²) in [7, 11) is 6.08. The fourth-order valence-corrected chi connectivity index (χ4v) is 5.94. The first-order chi connectivity index (χ1) is 17.7. The van der Waals surface area contributed by atoms with E-state index in [9.17, 15) is 8.42 Å². The minimum absolute atomic E-state index is 0.0795. The van der Waals surface area contributed by atoms with E-state index in [4.69, 9.17) is 9.47 Å². The number of sulfonamides is 1. The zero-order valence-electron chi connectivity index (χ0n) is 23.4. The number of aryl methyl sites for hydroxylation is 1. The van der Waals surface area contributed by atoms with Gasteiger partial charge in [0.05, 0.1) is 13.2 Å². The van der Waals surface area contributed by atoms with Crippen molar-refractivity contribution in [2.45, 2.75) is 61.6 Å². The van der Waals surface area contributed by atoms with Crippen molar-refractivity contribution in [3.05, 3.63) is 42.0 Å². The number of hydrogen-bond donors (Lipinski definition) is 1. The zero-order chi connectivity index (χ0) is 28.0. The van der Waals surface area contributed by atoms with Crippen molar-refractivity contribution >= 4 is 47.4 Å². The molecule has 198 valence electrons. The summed E-state index contributed by atoms with van der Waals surface area (Å²) in [5, 5.41) is 7.33. The third-order valence-electron chi connectivity index (χ3n) is 7.68. The van der Waals surface area contributed by atoms with Gasteiger partial charge >= 0.3 is 0 Å². The molecule has 11 nitrogen and oxygen atoms in total. The van der Waals surface area contributed by atoms with Crippen molar-refractivity contribution in [1.82, 2.24) is 29.7 Å². The van der Waals surface area contributed by atoms with Crippen molar-refractivity contribution < 1.29 is 17.9 Å². The van der Waals surface area contributed by atoms with E-state index in [0.29, 0.717) is 23.2 Å². The van der Waals surface area contributed by atoms with Crippen LogP contribution >= 0.6 is 0 Å². The molecule has 3 aromatic heterocycles. The number of aromatic nitrogens is 6. The number of anilines is 1. The van der Waals surface area contributed by atoms with Crippen LogP contribution in [0.15, 0.2) is 30.6 Å². The highest BCUT2D eigenvalue weighted by Crippen LogP contribution is 2.77. The summed E-state index contributed by atoms with van der Waals surface area (Å²) in [5.41, 5.74) is 1.40.